The molecule has 150 valence electrons. The summed E-state index contributed by atoms with van der Waals surface area (Å²) in [4.78, 5) is 28.0. The number of halogens is 3. The smallest absolute Gasteiger partial charge is 0.381 e. The van der Waals surface area contributed by atoms with Crippen LogP contribution in [0.4, 0.5) is 13.2 Å². The van der Waals surface area contributed by atoms with Crippen molar-refractivity contribution in [3.8, 4) is 5.95 Å². The molecule has 0 atom stereocenters. The van der Waals surface area contributed by atoms with Gasteiger partial charge in [0.1, 0.15) is 11.8 Å². The number of rotatable bonds is 2. The number of hydrogen-bond acceptors (Lipinski definition) is 5. The number of fused-ring (bicyclic) bond motifs is 2. The molecular formula is C18H15F3N6O2. The SMILES string of the molecule is O=c1[nH]c2cnc(-n3cnc4ccc(C(F)(F)F)cc43)nc2n1C1CCOCC1. The summed E-state index contributed by atoms with van der Waals surface area (Å²) >= 11 is 0. The first kappa shape index (κ1) is 17.9. The Morgan fingerprint density at radius 1 is 1.17 bits per heavy atom. The fourth-order valence-corrected chi connectivity index (χ4v) is 3.65. The Kier molecular flexibility index (Phi) is 3.95. The molecule has 0 saturated carbocycles. The lowest BCUT2D eigenvalue weighted by Gasteiger charge is -2.22. The average molecular weight is 404 g/mol. The molecule has 29 heavy (non-hydrogen) atoms. The van der Waals surface area contributed by atoms with Crippen molar-refractivity contribution in [2.45, 2.75) is 25.1 Å². The minimum absolute atomic E-state index is 0.0656. The summed E-state index contributed by atoms with van der Waals surface area (Å²) in [6.45, 7) is 1.10. The molecule has 4 heterocycles. The fraction of sp³-hybridized carbons (Fsp3) is 0.333. The third-order valence-corrected chi connectivity index (χ3v) is 5.09. The number of nitrogens with zero attached hydrogens (tertiary/aromatic N) is 5. The highest BCUT2D eigenvalue weighted by Crippen LogP contribution is 2.31. The van der Waals surface area contributed by atoms with E-state index in [2.05, 4.69) is 19.9 Å². The molecule has 1 aliphatic rings. The molecule has 4 aromatic rings. The predicted octanol–water partition coefficient (Wildman–Crippen LogP) is 2.83. The Morgan fingerprint density at radius 2 is 1.97 bits per heavy atom. The van der Waals surface area contributed by atoms with Gasteiger partial charge in [0.15, 0.2) is 5.65 Å². The van der Waals surface area contributed by atoms with E-state index in [0.717, 1.165) is 12.1 Å². The second kappa shape index (κ2) is 6.41. The molecule has 11 heteroatoms. The van der Waals surface area contributed by atoms with Gasteiger partial charge in [-0.25, -0.2) is 14.8 Å². The van der Waals surface area contributed by atoms with E-state index in [1.807, 2.05) is 0 Å². The summed E-state index contributed by atoms with van der Waals surface area (Å²) < 4.78 is 47.7. The summed E-state index contributed by atoms with van der Waals surface area (Å²) in [7, 11) is 0. The van der Waals surface area contributed by atoms with Gasteiger partial charge in [-0.3, -0.25) is 9.13 Å². The van der Waals surface area contributed by atoms with Gasteiger partial charge < -0.3 is 9.72 Å². The first-order chi connectivity index (χ1) is 13.9. The standard InChI is InChI=1S/C18H15F3N6O2/c19-18(20,21)10-1-2-12-14(7-10)26(9-23-12)16-22-8-13-15(25-16)27(17(28)24-13)11-3-5-29-6-4-11/h1-2,7-9,11H,3-6H2,(H,24,28). The zero-order chi connectivity index (χ0) is 20.2. The summed E-state index contributed by atoms with van der Waals surface area (Å²) in [5, 5.41) is 0. The molecule has 8 nitrogen and oxygen atoms in total. The van der Waals surface area contributed by atoms with Crippen molar-refractivity contribution in [1.29, 1.82) is 0 Å². The van der Waals surface area contributed by atoms with E-state index >= 15 is 0 Å². The van der Waals surface area contributed by atoms with Gasteiger partial charge in [0.25, 0.3) is 0 Å². The number of H-pyrrole nitrogens is 1. The van der Waals surface area contributed by atoms with Crippen molar-refractivity contribution >= 4 is 22.2 Å². The van der Waals surface area contributed by atoms with Gasteiger partial charge in [0.05, 0.1) is 22.8 Å². The molecular weight excluding hydrogens is 389 g/mol. The van der Waals surface area contributed by atoms with Crippen LogP contribution in [-0.2, 0) is 10.9 Å². The van der Waals surface area contributed by atoms with Gasteiger partial charge in [0, 0.05) is 19.3 Å². The number of nitrogens with one attached hydrogen (secondary N) is 1. The summed E-state index contributed by atoms with van der Waals surface area (Å²) in [5.74, 6) is 0.138. The fourth-order valence-electron chi connectivity index (χ4n) is 3.65. The lowest BCUT2D eigenvalue weighted by atomic mass is 10.1. The van der Waals surface area contributed by atoms with Crippen LogP contribution in [0.3, 0.4) is 0 Å². The molecule has 0 radical (unpaired) electrons. The molecule has 0 spiro atoms. The quantitative estimate of drug-likeness (QED) is 0.555. The molecule has 0 amide bonds. The molecule has 1 N–H and O–H groups in total. The van der Waals surface area contributed by atoms with Crippen molar-refractivity contribution < 1.29 is 17.9 Å². The minimum atomic E-state index is -4.47. The van der Waals surface area contributed by atoms with E-state index < -0.39 is 11.7 Å². The van der Waals surface area contributed by atoms with Crippen molar-refractivity contribution in [3.63, 3.8) is 0 Å². The number of aromatic amines is 1. The van der Waals surface area contributed by atoms with Crippen molar-refractivity contribution in [2.24, 2.45) is 0 Å². The third kappa shape index (κ3) is 2.97. The van der Waals surface area contributed by atoms with Crippen molar-refractivity contribution in [3.05, 3.63) is 46.8 Å². The molecule has 1 aromatic carbocycles. The van der Waals surface area contributed by atoms with E-state index in [4.69, 9.17) is 4.74 Å². The molecule has 1 aliphatic heterocycles. The van der Waals surface area contributed by atoms with E-state index in [0.29, 0.717) is 42.7 Å². The summed E-state index contributed by atoms with van der Waals surface area (Å²) in [6.07, 6.45) is -0.299. The highest BCUT2D eigenvalue weighted by Gasteiger charge is 2.31. The monoisotopic (exact) mass is 404 g/mol. The lowest BCUT2D eigenvalue weighted by molar-refractivity contribution is -0.137. The van der Waals surface area contributed by atoms with Gasteiger partial charge >= 0.3 is 11.9 Å². The topological polar surface area (TPSA) is 90.6 Å². The van der Waals surface area contributed by atoms with E-state index in [1.165, 1.54) is 23.2 Å². The Morgan fingerprint density at radius 3 is 2.72 bits per heavy atom. The zero-order valence-electron chi connectivity index (χ0n) is 15.0. The van der Waals surface area contributed by atoms with Crippen LogP contribution in [0.1, 0.15) is 24.4 Å². The Bertz CT molecular complexity index is 1270. The van der Waals surface area contributed by atoms with E-state index in [-0.39, 0.29) is 23.2 Å². The third-order valence-electron chi connectivity index (χ3n) is 5.09. The molecule has 0 aliphatic carbocycles. The highest BCUT2D eigenvalue weighted by molar-refractivity contribution is 5.78. The molecule has 1 fully saturated rings. The van der Waals surface area contributed by atoms with Crippen LogP contribution in [0, 0.1) is 0 Å². The van der Waals surface area contributed by atoms with Gasteiger partial charge in [-0.05, 0) is 31.0 Å². The van der Waals surface area contributed by atoms with Crippen LogP contribution >= 0.6 is 0 Å². The van der Waals surface area contributed by atoms with Crippen LogP contribution in [-0.4, -0.2) is 42.3 Å². The molecule has 3 aromatic heterocycles. The molecule has 5 rings (SSSR count). The second-order valence-electron chi connectivity index (χ2n) is 6.87. The first-order valence-corrected chi connectivity index (χ1v) is 9.01. The van der Waals surface area contributed by atoms with Crippen LogP contribution in [0.5, 0.6) is 0 Å². The highest BCUT2D eigenvalue weighted by atomic mass is 19.4. The number of benzene rings is 1. The van der Waals surface area contributed by atoms with Gasteiger partial charge in [-0.15, -0.1) is 0 Å². The molecule has 0 unspecified atom stereocenters. The van der Waals surface area contributed by atoms with E-state index in [1.54, 1.807) is 4.57 Å². The maximum atomic E-state index is 13.1. The molecule has 1 saturated heterocycles. The van der Waals surface area contributed by atoms with Gasteiger partial charge in [-0.1, -0.05) is 0 Å². The maximum absolute atomic E-state index is 13.1. The zero-order valence-corrected chi connectivity index (χ0v) is 15.0. The van der Waals surface area contributed by atoms with Crippen molar-refractivity contribution in [2.75, 3.05) is 13.2 Å². The number of imidazole rings is 2. The molecule has 0 bridgehead atoms. The normalized spacial score (nSPS) is 16.1. The first-order valence-electron chi connectivity index (χ1n) is 9.01. The Balaban J connectivity index is 1.67. The number of aromatic nitrogens is 6. The van der Waals surface area contributed by atoms with Gasteiger partial charge in [-0.2, -0.15) is 18.2 Å². The summed E-state index contributed by atoms with van der Waals surface area (Å²) in [5.41, 5.74) is 0.403. The lowest BCUT2D eigenvalue weighted by Crippen LogP contribution is -2.27. The Labute approximate surface area is 161 Å². The average Bonchev–Trinajstić information content (AvgIpc) is 3.27. The minimum Gasteiger partial charge on any atom is -0.381 e. The Hall–Kier alpha value is -3.21. The van der Waals surface area contributed by atoms with E-state index in [9.17, 15) is 18.0 Å². The van der Waals surface area contributed by atoms with Gasteiger partial charge in [0.2, 0.25) is 5.95 Å². The second-order valence-corrected chi connectivity index (χ2v) is 6.87. The number of ether oxygens (including phenoxy) is 1. The number of alkyl halides is 3. The van der Waals surface area contributed by atoms with Crippen LogP contribution in [0.15, 0.2) is 35.5 Å². The number of hydrogen-bond donors (Lipinski definition) is 1. The van der Waals surface area contributed by atoms with Crippen molar-refractivity contribution in [1.82, 2.24) is 29.1 Å². The summed E-state index contributed by atoms with van der Waals surface area (Å²) in [6, 6.07) is 3.24. The predicted molar refractivity (Wildman–Crippen MR) is 96.9 cm³/mol. The maximum Gasteiger partial charge on any atom is 0.416 e. The van der Waals surface area contributed by atoms with Crippen LogP contribution < -0.4 is 5.69 Å². The largest absolute Gasteiger partial charge is 0.416 e. The van der Waals surface area contributed by atoms with Crippen LogP contribution in [0.25, 0.3) is 28.1 Å². The van der Waals surface area contributed by atoms with Crippen LogP contribution in [0.2, 0.25) is 0 Å².